The molecule has 0 spiro atoms. The van der Waals surface area contributed by atoms with Crippen molar-refractivity contribution in [3.8, 4) is 11.8 Å². The Bertz CT molecular complexity index is 625. The van der Waals surface area contributed by atoms with E-state index in [9.17, 15) is 0 Å². The van der Waals surface area contributed by atoms with Crippen molar-refractivity contribution in [1.82, 2.24) is 5.32 Å². The number of nitrogens with one attached hydrogen (secondary N) is 1. The Kier molecular flexibility index (Phi) is 4.72. The van der Waals surface area contributed by atoms with Gasteiger partial charge in [-0.1, -0.05) is 30.3 Å². The quantitative estimate of drug-likeness (QED) is 0.935. The molecule has 0 amide bonds. The average molecular weight is 292 g/mol. The van der Waals surface area contributed by atoms with Gasteiger partial charge in [-0.3, -0.25) is 0 Å². The smallest absolute Gasteiger partial charge is 0.127 e. The summed E-state index contributed by atoms with van der Waals surface area (Å²) in [6.07, 6.45) is 2.31. The third-order valence-corrected chi connectivity index (χ3v) is 4.19. The zero-order valence-corrected chi connectivity index (χ0v) is 12.5. The zero-order chi connectivity index (χ0) is 15.2. The lowest BCUT2D eigenvalue weighted by atomic mass is 9.88. The van der Waals surface area contributed by atoms with E-state index < -0.39 is 0 Å². The van der Waals surface area contributed by atoms with Crippen LogP contribution in [0, 0.1) is 17.2 Å². The largest absolute Gasteiger partial charge is 0.485 e. The highest BCUT2D eigenvalue weighted by Crippen LogP contribution is 2.33. The summed E-state index contributed by atoms with van der Waals surface area (Å²) in [5.41, 5.74) is 1.88. The highest BCUT2D eigenvalue weighted by atomic mass is 16.5. The van der Waals surface area contributed by atoms with Crippen LogP contribution in [0.4, 0.5) is 0 Å². The molecule has 2 aromatic rings. The number of nitrogens with zero attached hydrogens (tertiary/aromatic N) is 1. The molecule has 1 N–H and O–H groups in total. The maximum absolute atomic E-state index is 8.89. The summed E-state index contributed by atoms with van der Waals surface area (Å²) in [6.45, 7) is 2.09. The summed E-state index contributed by atoms with van der Waals surface area (Å²) in [7, 11) is 0. The Labute approximate surface area is 131 Å². The Morgan fingerprint density at radius 2 is 1.68 bits per heavy atom. The number of hydrogen-bond acceptors (Lipinski definition) is 3. The van der Waals surface area contributed by atoms with Gasteiger partial charge in [-0.25, -0.2) is 0 Å². The van der Waals surface area contributed by atoms with Crippen molar-refractivity contribution in [3.05, 3.63) is 65.7 Å². The average Bonchev–Trinajstić information content (AvgIpc) is 2.62. The molecule has 3 heteroatoms. The molecule has 112 valence electrons. The lowest BCUT2D eigenvalue weighted by Gasteiger charge is -2.31. The molecule has 1 aliphatic heterocycles. The van der Waals surface area contributed by atoms with Crippen molar-refractivity contribution < 1.29 is 4.74 Å². The lowest BCUT2D eigenvalue weighted by Crippen LogP contribution is -2.32. The normalized spacial score (nSPS) is 16.7. The van der Waals surface area contributed by atoms with Crippen LogP contribution in [-0.4, -0.2) is 13.1 Å². The number of ether oxygens (including phenoxy) is 1. The Morgan fingerprint density at radius 1 is 1.00 bits per heavy atom. The molecule has 3 nitrogen and oxygen atoms in total. The predicted octanol–water partition coefficient (Wildman–Crippen LogP) is 3.68. The van der Waals surface area contributed by atoms with Gasteiger partial charge in [-0.05, 0) is 55.8 Å². The SMILES string of the molecule is N#Cc1ccc(OC(c2ccccc2)C2CCNCC2)cc1. The minimum atomic E-state index is 0.0660. The van der Waals surface area contributed by atoms with Gasteiger partial charge in [-0.15, -0.1) is 0 Å². The van der Waals surface area contributed by atoms with Crippen molar-refractivity contribution >= 4 is 0 Å². The maximum atomic E-state index is 8.89. The number of benzene rings is 2. The number of nitriles is 1. The fourth-order valence-electron chi connectivity index (χ4n) is 2.98. The van der Waals surface area contributed by atoms with Gasteiger partial charge in [0, 0.05) is 5.92 Å². The second-order valence-corrected chi connectivity index (χ2v) is 5.67. The fourth-order valence-corrected chi connectivity index (χ4v) is 2.98. The first-order chi connectivity index (χ1) is 10.9. The third kappa shape index (κ3) is 3.47. The Balaban J connectivity index is 1.82. The van der Waals surface area contributed by atoms with E-state index in [2.05, 4.69) is 35.7 Å². The molecule has 2 aromatic carbocycles. The first kappa shape index (κ1) is 14.6. The molecule has 1 saturated heterocycles. The maximum Gasteiger partial charge on any atom is 0.127 e. The summed E-state index contributed by atoms with van der Waals surface area (Å²) in [6, 6.07) is 19.9. The van der Waals surface area contributed by atoms with Gasteiger partial charge in [0.2, 0.25) is 0 Å². The molecule has 22 heavy (non-hydrogen) atoms. The van der Waals surface area contributed by atoms with Crippen LogP contribution in [0.15, 0.2) is 54.6 Å². The van der Waals surface area contributed by atoms with Crippen LogP contribution in [-0.2, 0) is 0 Å². The van der Waals surface area contributed by atoms with E-state index in [1.54, 1.807) is 12.1 Å². The van der Waals surface area contributed by atoms with Crippen LogP contribution in [0.25, 0.3) is 0 Å². The number of hydrogen-bond donors (Lipinski definition) is 1. The summed E-state index contributed by atoms with van der Waals surface area (Å²) in [5, 5.41) is 12.3. The van der Waals surface area contributed by atoms with Crippen molar-refractivity contribution in [3.63, 3.8) is 0 Å². The number of piperidine rings is 1. The van der Waals surface area contributed by atoms with Crippen molar-refractivity contribution in [2.45, 2.75) is 18.9 Å². The molecule has 0 bridgehead atoms. The fraction of sp³-hybridized carbons (Fsp3) is 0.316. The van der Waals surface area contributed by atoms with E-state index in [0.717, 1.165) is 31.7 Å². The molecule has 0 aromatic heterocycles. The first-order valence-corrected chi connectivity index (χ1v) is 7.79. The van der Waals surface area contributed by atoms with Crippen LogP contribution in [0.1, 0.15) is 30.1 Å². The van der Waals surface area contributed by atoms with Crippen molar-refractivity contribution in [2.75, 3.05) is 13.1 Å². The van der Waals surface area contributed by atoms with Gasteiger partial charge in [0.15, 0.2) is 0 Å². The van der Waals surface area contributed by atoms with Crippen molar-refractivity contribution in [1.29, 1.82) is 5.26 Å². The topological polar surface area (TPSA) is 45.0 Å². The lowest BCUT2D eigenvalue weighted by molar-refractivity contribution is 0.112. The highest BCUT2D eigenvalue weighted by molar-refractivity contribution is 5.35. The monoisotopic (exact) mass is 292 g/mol. The molecule has 1 fully saturated rings. The van der Waals surface area contributed by atoms with Crippen LogP contribution >= 0.6 is 0 Å². The van der Waals surface area contributed by atoms with Crippen LogP contribution in [0.5, 0.6) is 5.75 Å². The van der Waals surface area contributed by atoms with Gasteiger partial charge in [0.05, 0.1) is 11.6 Å². The summed E-state index contributed by atoms with van der Waals surface area (Å²) in [4.78, 5) is 0. The van der Waals surface area contributed by atoms with Crippen molar-refractivity contribution in [2.24, 2.45) is 5.92 Å². The Hall–Kier alpha value is -2.31. The van der Waals surface area contributed by atoms with E-state index in [0.29, 0.717) is 11.5 Å². The first-order valence-electron chi connectivity index (χ1n) is 7.79. The van der Waals surface area contributed by atoms with E-state index in [1.807, 2.05) is 18.2 Å². The standard InChI is InChI=1S/C19H20N2O/c20-14-15-6-8-18(9-7-15)22-19(16-4-2-1-3-5-16)17-10-12-21-13-11-17/h1-9,17,19,21H,10-13H2. The Morgan fingerprint density at radius 3 is 2.32 bits per heavy atom. The van der Waals surface area contributed by atoms with Crippen LogP contribution < -0.4 is 10.1 Å². The minimum Gasteiger partial charge on any atom is -0.485 e. The number of rotatable bonds is 4. The molecule has 1 unspecified atom stereocenters. The molecule has 0 saturated carbocycles. The van der Waals surface area contributed by atoms with Gasteiger partial charge in [0.1, 0.15) is 11.9 Å². The summed E-state index contributed by atoms with van der Waals surface area (Å²) in [5.74, 6) is 1.34. The molecular formula is C19H20N2O. The molecule has 1 atom stereocenters. The van der Waals surface area contributed by atoms with Crippen LogP contribution in [0.2, 0.25) is 0 Å². The molecule has 1 aliphatic rings. The minimum absolute atomic E-state index is 0.0660. The zero-order valence-electron chi connectivity index (χ0n) is 12.5. The molecule has 3 rings (SSSR count). The third-order valence-electron chi connectivity index (χ3n) is 4.19. The molecule has 0 aliphatic carbocycles. The van der Waals surface area contributed by atoms with Gasteiger partial charge in [-0.2, -0.15) is 5.26 Å². The van der Waals surface area contributed by atoms with Gasteiger partial charge >= 0.3 is 0 Å². The summed E-state index contributed by atoms with van der Waals surface area (Å²) < 4.78 is 6.30. The van der Waals surface area contributed by atoms with E-state index >= 15 is 0 Å². The van der Waals surface area contributed by atoms with Gasteiger partial charge in [0.25, 0.3) is 0 Å². The summed E-state index contributed by atoms with van der Waals surface area (Å²) >= 11 is 0. The molecule has 1 heterocycles. The van der Waals surface area contributed by atoms with E-state index in [4.69, 9.17) is 10.00 Å². The highest BCUT2D eigenvalue weighted by Gasteiger charge is 2.26. The molecular weight excluding hydrogens is 272 g/mol. The second kappa shape index (κ2) is 7.11. The van der Waals surface area contributed by atoms with E-state index in [-0.39, 0.29) is 6.10 Å². The second-order valence-electron chi connectivity index (χ2n) is 5.67. The van der Waals surface area contributed by atoms with E-state index in [1.165, 1.54) is 5.56 Å². The predicted molar refractivity (Wildman–Crippen MR) is 86.6 cm³/mol. The van der Waals surface area contributed by atoms with Crippen LogP contribution in [0.3, 0.4) is 0 Å². The molecule has 0 radical (unpaired) electrons. The van der Waals surface area contributed by atoms with Gasteiger partial charge < -0.3 is 10.1 Å².